The molecule has 0 aromatic heterocycles. The summed E-state index contributed by atoms with van der Waals surface area (Å²) in [7, 11) is 0. The number of benzene rings is 1. The first kappa shape index (κ1) is 11.5. The molecule has 1 saturated heterocycles. The van der Waals surface area contributed by atoms with Crippen molar-refractivity contribution in [2.24, 2.45) is 5.92 Å². The second-order valence-corrected chi connectivity index (χ2v) is 6.15. The molecule has 1 N–H and O–H groups in total. The second kappa shape index (κ2) is 5.37. The summed E-state index contributed by atoms with van der Waals surface area (Å²) in [5.41, 5.74) is 1.40. The topological polar surface area (TPSA) is 12.0 Å². The molecule has 0 amide bonds. The molecule has 1 aliphatic rings. The Bertz CT molecular complexity index is 312. The molecule has 1 aliphatic heterocycles. The molecule has 1 heterocycles. The Hall–Kier alpha value is 0.01000. The van der Waals surface area contributed by atoms with Gasteiger partial charge in [0.2, 0.25) is 0 Å². The van der Waals surface area contributed by atoms with Crippen LogP contribution in [0.5, 0.6) is 0 Å². The van der Waals surface area contributed by atoms with E-state index in [4.69, 9.17) is 0 Å². The van der Waals surface area contributed by atoms with Crippen LogP contribution in [0.15, 0.2) is 28.7 Å². The van der Waals surface area contributed by atoms with Gasteiger partial charge >= 0.3 is 0 Å². The summed E-state index contributed by atoms with van der Waals surface area (Å²) >= 11 is 5.53. The van der Waals surface area contributed by atoms with Crippen LogP contribution in [0.3, 0.4) is 0 Å². The van der Waals surface area contributed by atoms with Gasteiger partial charge in [-0.05, 0) is 35.9 Å². The molecule has 0 bridgehead atoms. The Kier molecular flexibility index (Phi) is 4.12. The minimum absolute atomic E-state index is 0.521. The molecule has 0 spiro atoms. The summed E-state index contributed by atoms with van der Waals surface area (Å²) in [5, 5.41) is 3.63. The summed E-state index contributed by atoms with van der Waals surface area (Å²) in [6, 6.07) is 9.18. The molecular weight excluding hydrogens is 270 g/mol. The van der Waals surface area contributed by atoms with Crippen LogP contribution >= 0.6 is 27.7 Å². The van der Waals surface area contributed by atoms with Crippen LogP contribution < -0.4 is 5.32 Å². The third kappa shape index (κ3) is 3.23. The first-order chi connectivity index (χ1) is 7.25. The number of thioether (sulfide) groups is 1. The predicted molar refractivity (Wildman–Crippen MR) is 71.4 cm³/mol. The van der Waals surface area contributed by atoms with E-state index in [9.17, 15) is 0 Å². The average molecular weight is 286 g/mol. The van der Waals surface area contributed by atoms with E-state index >= 15 is 0 Å². The van der Waals surface area contributed by atoms with E-state index in [-0.39, 0.29) is 0 Å². The van der Waals surface area contributed by atoms with Gasteiger partial charge in [-0.3, -0.25) is 0 Å². The number of hydrogen-bond donors (Lipinski definition) is 1. The van der Waals surface area contributed by atoms with Crippen LogP contribution in [0.1, 0.15) is 18.5 Å². The molecule has 0 radical (unpaired) electrons. The molecule has 1 nitrogen and oxygen atoms in total. The van der Waals surface area contributed by atoms with E-state index in [1.165, 1.54) is 17.1 Å². The van der Waals surface area contributed by atoms with Crippen molar-refractivity contribution in [3.63, 3.8) is 0 Å². The van der Waals surface area contributed by atoms with Crippen molar-refractivity contribution in [2.75, 3.05) is 18.1 Å². The molecule has 2 rings (SSSR count). The van der Waals surface area contributed by atoms with Gasteiger partial charge in [0.1, 0.15) is 0 Å². The van der Waals surface area contributed by atoms with Crippen LogP contribution in [0, 0.1) is 5.92 Å². The van der Waals surface area contributed by atoms with Crippen molar-refractivity contribution in [1.29, 1.82) is 0 Å². The van der Waals surface area contributed by atoms with E-state index in [1.807, 2.05) is 0 Å². The number of hydrogen-bond acceptors (Lipinski definition) is 2. The smallest absolute Gasteiger partial charge is 0.0411 e. The van der Waals surface area contributed by atoms with Crippen molar-refractivity contribution in [1.82, 2.24) is 5.32 Å². The highest BCUT2D eigenvalue weighted by Gasteiger charge is 2.16. The van der Waals surface area contributed by atoms with E-state index in [2.05, 4.69) is 64.2 Å². The fraction of sp³-hybridized carbons (Fsp3) is 0.500. The Balaban J connectivity index is 2.06. The third-order valence-corrected chi connectivity index (χ3v) is 4.57. The highest BCUT2D eigenvalue weighted by Crippen LogP contribution is 2.24. The molecule has 1 aromatic rings. The maximum absolute atomic E-state index is 3.63. The molecule has 2 unspecified atom stereocenters. The van der Waals surface area contributed by atoms with Gasteiger partial charge < -0.3 is 5.32 Å². The summed E-state index contributed by atoms with van der Waals surface area (Å²) in [5.74, 6) is 3.25. The van der Waals surface area contributed by atoms with Crippen molar-refractivity contribution in [3.05, 3.63) is 34.3 Å². The van der Waals surface area contributed by atoms with Gasteiger partial charge in [0.15, 0.2) is 0 Å². The molecule has 1 aromatic carbocycles. The van der Waals surface area contributed by atoms with Crippen LogP contribution in [0.2, 0.25) is 0 Å². The lowest BCUT2D eigenvalue weighted by Gasteiger charge is -2.16. The largest absolute Gasteiger partial charge is 0.309 e. The molecular formula is C12H16BrNS. The molecule has 0 saturated carbocycles. The van der Waals surface area contributed by atoms with Gasteiger partial charge in [-0.1, -0.05) is 35.0 Å². The minimum Gasteiger partial charge on any atom is -0.309 e. The standard InChI is InChI=1S/C12H16BrNS/c1-9-6-14-12(8-15-7-9)10-2-4-11(13)5-3-10/h2-5,9,12,14H,6-8H2,1H3. The Morgan fingerprint density at radius 3 is 2.73 bits per heavy atom. The molecule has 3 heteroatoms. The lowest BCUT2D eigenvalue weighted by Crippen LogP contribution is -2.25. The van der Waals surface area contributed by atoms with E-state index in [0.29, 0.717) is 6.04 Å². The monoisotopic (exact) mass is 285 g/mol. The molecule has 0 aliphatic carbocycles. The van der Waals surface area contributed by atoms with Crippen molar-refractivity contribution < 1.29 is 0 Å². The molecule has 15 heavy (non-hydrogen) atoms. The third-order valence-electron chi connectivity index (χ3n) is 2.67. The fourth-order valence-corrected chi connectivity index (χ4v) is 3.22. The van der Waals surface area contributed by atoms with Gasteiger partial charge in [-0.25, -0.2) is 0 Å². The fourth-order valence-electron chi connectivity index (χ4n) is 1.76. The lowest BCUT2D eigenvalue weighted by molar-refractivity contribution is 0.517. The number of rotatable bonds is 1. The molecule has 1 fully saturated rings. The quantitative estimate of drug-likeness (QED) is 0.848. The highest BCUT2D eigenvalue weighted by atomic mass is 79.9. The van der Waals surface area contributed by atoms with Gasteiger partial charge in [0.05, 0.1) is 0 Å². The van der Waals surface area contributed by atoms with Gasteiger partial charge in [-0.15, -0.1) is 0 Å². The first-order valence-corrected chi connectivity index (χ1v) is 7.27. The van der Waals surface area contributed by atoms with E-state index in [1.54, 1.807) is 0 Å². The Morgan fingerprint density at radius 2 is 2.00 bits per heavy atom. The predicted octanol–water partition coefficient (Wildman–Crippen LogP) is 3.46. The summed E-state index contributed by atoms with van der Waals surface area (Å²) in [6.45, 7) is 3.44. The first-order valence-electron chi connectivity index (χ1n) is 5.32. The summed E-state index contributed by atoms with van der Waals surface area (Å²) in [4.78, 5) is 0. The van der Waals surface area contributed by atoms with Crippen LogP contribution in [-0.4, -0.2) is 18.1 Å². The van der Waals surface area contributed by atoms with Crippen LogP contribution in [-0.2, 0) is 0 Å². The minimum atomic E-state index is 0.521. The Morgan fingerprint density at radius 1 is 1.27 bits per heavy atom. The molecule has 2 atom stereocenters. The second-order valence-electron chi connectivity index (χ2n) is 4.16. The number of halogens is 1. The van der Waals surface area contributed by atoms with Gasteiger partial charge in [0, 0.05) is 16.3 Å². The maximum Gasteiger partial charge on any atom is 0.0411 e. The van der Waals surface area contributed by atoms with Gasteiger partial charge in [-0.2, -0.15) is 11.8 Å². The molecule has 82 valence electrons. The van der Waals surface area contributed by atoms with Crippen LogP contribution in [0.4, 0.5) is 0 Å². The summed E-state index contributed by atoms with van der Waals surface area (Å²) < 4.78 is 1.15. The highest BCUT2D eigenvalue weighted by molar-refractivity contribution is 9.10. The van der Waals surface area contributed by atoms with Crippen molar-refractivity contribution >= 4 is 27.7 Å². The summed E-state index contributed by atoms with van der Waals surface area (Å²) in [6.07, 6.45) is 0. The van der Waals surface area contributed by atoms with Crippen molar-refractivity contribution in [2.45, 2.75) is 13.0 Å². The zero-order valence-electron chi connectivity index (χ0n) is 8.87. The van der Waals surface area contributed by atoms with Crippen LogP contribution in [0.25, 0.3) is 0 Å². The van der Waals surface area contributed by atoms with Gasteiger partial charge in [0.25, 0.3) is 0 Å². The zero-order chi connectivity index (χ0) is 10.7. The normalized spacial score (nSPS) is 27.3. The van der Waals surface area contributed by atoms with E-state index in [0.717, 1.165) is 16.9 Å². The lowest BCUT2D eigenvalue weighted by atomic mass is 10.1. The maximum atomic E-state index is 3.63. The SMILES string of the molecule is CC1CNC(c2ccc(Br)cc2)CSC1. The zero-order valence-corrected chi connectivity index (χ0v) is 11.3. The average Bonchev–Trinajstić information content (AvgIpc) is 2.44. The Labute approximate surface area is 104 Å². The van der Waals surface area contributed by atoms with E-state index < -0.39 is 0 Å². The van der Waals surface area contributed by atoms with Crippen molar-refractivity contribution in [3.8, 4) is 0 Å². The number of nitrogens with one attached hydrogen (secondary N) is 1.